The van der Waals surface area contributed by atoms with Gasteiger partial charge in [-0.25, -0.2) is 0 Å². The van der Waals surface area contributed by atoms with E-state index in [0.29, 0.717) is 17.3 Å². The normalized spacial score (nSPS) is 18.7. The highest BCUT2D eigenvalue weighted by Gasteiger charge is 2.20. The second kappa shape index (κ2) is 5.23. The summed E-state index contributed by atoms with van der Waals surface area (Å²) in [5.41, 5.74) is 1.48. The molecule has 2 heterocycles. The minimum Gasteiger partial charge on any atom is -0.390 e. The van der Waals surface area contributed by atoms with Crippen molar-refractivity contribution in [3.8, 4) is 0 Å². The largest absolute Gasteiger partial charge is 0.390 e. The van der Waals surface area contributed by atoms with Gasteiger partial charge in [0.1, 0.15) is 11.8 Å². The predicted molar refractivity (Wildman–Crippen MR) is 65.4 cm³/mol. The Morgan fingerprint density at radius 3 is 3.18 bits per heavy atom. The first-order chi connectivity index (χ1) is 8.19. The van der Waals surface area contributed by atoms with E-state index in [0.717, 1.165) is 18.6 Å². The van der Waals surface area contributed by atoms with E-state index in [1.165, 1.54) is 0 Å². The third-order valence-electron chi connectivity index (χ3n) is 2.58. The lowest BCUT2D eigenvalue weighted by Gasteiger charge is -2.08. The van der Waals surface area contributed by atoms with Gasteiger partial charge in [0.2, 0.25) is 0 Å². The minimum absolute atomic E-state index is 0.0562. The first-order valence-corrected chi connectivity index (χ1v) is 5.90. The number of carbonyl (C=O) groups excluding carboxylic acids is 1. The third kappa shape index (κ3) is 3.00. The standard InChI is InChI=1S/C11H14ClN3O2/c1-2-8-4-9(17-15-8)6-14-11(16)10-3-7(12)5-13-10/h3,5,9,13H,2,4,6H2,1H3,(H,14,16)/t9-/m0/s1. The van der Waals surface area contributed by atoms with Crippen molar-refractivity contribution < 1.29 is 9.63 Å². The number of nitrogens with zero attached hydrogens (tertiary/aromatic N) is 1. The Morgan fingerprint density at radius 2 is 2.59 bits per heavy atom. The van der Waals surface area contributed by atoms with Crippen LogP contribution in [-0.2, 0) is 4.84 Å². The highest BCUT2D eigenvalue weighted by molar-refractivity contribution is 6.30. The lowest BCUT2D eigenvalue weighted by molar-refractivity contribution is 0.0751. The van der Waals surface area contributed by atoms with Crippen LogP contribution in [0.1, 0.15) is 30.3 Å². The Hall–Kier alpha value is -1.49. The Labute approximate surface area is 104 Å². The molecule has 1 aliphatic rings. The zero-order chi connectivity index (χ0) is 12.3. The molecule has 2 rings (SSSR count). The number of hydrogen-bond acceptors (Lipinski definition) is 3. The summed E-state index contributed by atoms with van der Waals surface area (Å²) in [5, 5.41) is 7.22. The number of hydrogen-bond donors (Lipinski definition) is 2. The summed E-state index contributed by atoms with van der Waals surface area (Å²) >= 11 is 5.72. The van der Waals surface area contributed by atoms with E-state index >= 15 is 0 Å². The van der Waals surface area contributed by atoms with E-state index in [-0.39, 0.29) is 12.0 Å². The van der Waals surface area contributed by atoms with Gasteiger partial charge < -0.3 is 15.1 Å². The highest BCUT2D eigenvalue weighted by atomic mass is 35.5. The van der Waals surface area contributed by atoms with Crippen molar-refractivity contribution in [3.63, 3.8) is 0 Å². The molecule has 1 atom stereocenters. The van der Waals surface area contributed by atoms with Gasteiger partial charge >= 0.3 is 0 Å². The molecule has 5 nitrogen and oxygen atoms in total. The number of aromatic nitrogens is 1. The van der Waals surface area contributed by atoms with Crippen molar-refractivity contribution in [2.45, 2.75) is 25.9 Å². The molecule has 6 heteroatoms. The van der Waals surface area contributed by atoms with Gasteiger partial charge in [-0.3, -0.25) is 4.79 Å². The van der Waals surface area contributed by atoms with Gasteiger partial charge in [-0.05, 0) is 12.5 Å². The summed E-state index contributed by atoms with van der Waals surface area (Å²) in [7, 11) is 0. The molecule has 17 heavy (non-hydrogen) atoms. The van der Waals surface area contributed by atoms with Gasteiger partial charge in [-0.15, -0.1) is 0 Å². The van der Waals surface area contributed by atoms with Gasteiger partial charge in [0.25, 0.3) is 5.91 Å². The predicted octanol–water partition coefficient (Wildman–Crippen LogP) is 1.95. The number of nitrogens with one attached hydrogen (secondary N) is 2. The van der Waals surface area contributed by atoms with E-state index in [1.807, 2.05) is 6.92 Å². The number of amides is 1. The molecule has 1 aliphatic heterocycles. The maximum absolute atomic E-state index is 11.7. The van der Waals surface area contributed by atoms with Gasteiger partial charge in [-0.1, -0.05) is 23.7 Å². The summed E-state index contributed by atoms with van der Waals surface area (Å²) in [4.78, 5) is 19.6. The number of aromatic amines is 1. The summed E-state index contributed by atoms with van der Waals surface area (Å²) in [5.74, 6) is -0.189. The van der Waals surface area contributed by atoms with Gasteiger partial charge in [0, 0.05) is 12.6 Å². The Bertz CT molecular complexity index is 442. The highest BCUT2D eigenvalue weighted by Crippen LogP contribution is 2.12. The number of oxime groups is 1. The second-order valence-electron chi connectivity index (χ2n) is 3.88. The molecule has 0 aliphatic carbocycles. The topological polar surface area (TPSA) is 66.5 Å². The monoisotopic (exact) mass is 255 g/mol. The first-order valence-electron chi connectivity index (χ1n) is 5.52. The van der Waals surface area contributed by atoms with Crippen LogP contribution < -0.4 is 5.32 Å². The summed E-state index contributed by atoms with van der Waals surface area (Å²) in [6, 6.07) is 1.58. The van der Waals surface area contributed by atoms with E-state index in [4.69, 9.17) is 16.4 Å². The fourth-order valence-electron chi connectivity index (χ4n) is 1.61. The number of rotatable bonds is 4. The molecule has 1 aromatic rings. The van der Waals surface area contributed by atoms with Crippen LogP contribution in [0.3, 0.4) is 0 Å². The molecule has 92 valence electrons. The summed E-state index contributed by atoms with van der Waals surface area (Å²) in [6.07, 6.45) is 3.18. The van der Waals surface area contributed by atoms with Gasteiger partial charge in [0.15, 0.2) is 0 Å². The maximum Gasteiger partial charge on any atom is 0.267 e. The molecule has 2 N–H and O–H groups in total. The lowest BCUT2D eigenvalue weighted by atomic mass is 10.1. The van der Waals surface area contributed by atoms with Crippen molar-refractivity contribution >= 4 is 23.2 Å². The van der Waals surface area contributed by atoms with E-state index in [1.54, 1.807) is 12.3 Å². The molecule has 0 unspecified atom stereocenters. The van der Waals surface area contributed by atoms with Crippen LogP contribution in [0.4, 0.5) is 0 Å². The van der Waals surface area contributed by atoms with Gasteiger partial charge in [0.05, 0.1) is 17.3 Å². The first kappa shape index (κ1) is 12.0. The lowest BCUT2D eigenvalue weighted by Crippen LogP contribution is -2.32. The SMILES string of the molecule is CCC1=NO[C@H](CNC(=O)c2cc(Cl)c[nH]2)C1. The molecule has 0 spiro atoms. The maximum atomic E-state index is 11.7. The third-order valence-corrected chi connectivity index (χ3v) is 2.80. The van der Waals surface area contributed by atoms with Crippen LogP contribution in [0, 0.1) is 0 Å². The molecule has 1 amide bonds. The van der Waals surface area contributed by atoms with E-state index in [9.17, 15) is 4.79 Å². The average molecular weight is 256 g/mol. The number of carbonyl (C=O) groups is 1. The van der Waals surface area contributed by atoms with Crippen molar-refractivity contribution in [2.75, 3.05) is 6.54 Å². The van der Waals surface area contributed by atoms with Crippen molar-refractivity contribution in [1.82, 2.24) is 10.3 Å². The summed E-state index contributed by atoms with van der Waals surface area (Å²) < 4.78 is 0. The smallest absolute Gasteiger partial charge is 0.267 e. The zero-order valence-corrected chi connectivity index (χ0v) is 10.3. The van der Waals surface area contributed by atoms with Crippen molar-refractivity contribution in [3.05, 3.63) is 23.0 Å². The molecule has 1 aromatic heterocycles. The molecular formula is C11H14ClN3O2. The van der Waals surface area contributed by atoms with E-state index < -0.39 is 0 Å². The van der Waals surface area contributed by atoms with Crippen molar-refractivity contribution in [1.29, 1.82) is 0 Å². The number of H-pyrrole nitrogens is 1. The number of halogens is 1. The van der Waals surface area contributed by atoms with Crippen LogP contribution in [0.2, 0.25) is 5.02 Å². The quantitative estimate of drug-likeness (QED) is 0.864. The van der Waals surface area contributed by atoms with Crippen LogP contribution >= 0.6 is 11.6 Å². The fourth-order valence-corrected chi connectivity index (χ4v) is 1.77. The Morgan fingerprint density at radius 1 is 1.76 bits per heavy atom. The zero-order valence-electron chi connectivity index (χ0n) is 9.50. The molecule has 0 bridgehead atoms. The second-order valence-corrected chi connectivity index (χ2v) is 4.32. The Balaban J connectivity index is 1.78. The minimum atomic E-state index is -0.189. The fraction of sp³-hybridized carbons (Fsp3) is 0.455. The molecule has 0 saturated carbocycles. The molecule has 0 saturated heterocycles. The van der Waals surface area contributed by atoms with E-state index in [2.05, 4.69) is 15.5 Å². The summed E-state index contributed by atoms with van der Waals surface area (Å²) in [6.45, 7) is 2.48. The van der Waals surface area contributed by atoms with Crippen molar-refractivity contribution in [2.24, 2.45) is 5.16 Å². The molecule has 0 radical (unpaired) electrons. The molecule has 0 fully saturated rings. The Kier molecular flexibility index (Phi) is 3.68. The van der Waals surface area contributed by atoms with Crippen LogP contribution in [-0.4, -0.2) is 29.3 Å². The molecular weight excluding hydrogens is 242 g/mol. The van der Waals surface area contributed by atoms with Crippen LogP contribution in [0.15, 0.2) is 17.4 Å². The van der Waals surface area contributed by atoms with Crippen LogP contribution in [0.5, 0.6) is 0 Å². The molecule has 0 aromatic carbocycles. The van der Waals surface area contributed by atoms with Gasteiger partial charge in [-0.2, -0.15) is 0 Å². The average Bonchev–Trinajstić information content (AvgIpc) is 2.94. The van der Waals surface area contributed by atoms with Crippen LogP contribution in [0.25, 0.3) is 0 Å².